The number of nitrogens with zero attached hydrogens (tertiary/aromatic N) is 1. The van der Waals surface area contributed by atoms with Crippen LogP contribution in [-0.4, -0.2) is 23.2 Å². The van der Waals surface area contributed by atoms with Crippen LogP contribution in [0.2, 0.25) is 0 Å². The molecule has 0 bridgehead atoms. The number of halogens is 1. The monoisotopic (exact) mass is 304 g/mol. The van der Waals surface area contributed by atoms with Gasteiger partial charge in [0.2, 0.25) is 0 Å². The molecule has 22 heavy (non-hydrogen) atoms. The lowest BCUT2D eigenvalue weighted by molar-refractivity contribution is -0.385. The van der Waals surface area contributed by atoms with E-state index >= 15 is 0 Å². The summed E-state index contributed by atoms with van der Waals surface area (Å²) in [5.41, 5.74) is 0.980. The average Bonchev–Trinajstić information content (AvgIpc) is 2.53. The summed E-state index contributed by atoms with van der Waals surface area (Å²) in [5.74, 6) is -0.634. The van der Waals surface area contributed by atoms with Crippen molar-refractivity contribution in [3.8, 4) is 0 Å². The van der Waals surface area contributed by atoms with Crippen LogP contribution in [0.25, 0.3) is 0 Å². The number of nitro groups is 1. The van der Waals surface area contributed by atoms with Crippen molar-refractivity contribution in [1.82, 2.24) is 0 Å². The van der Waals surface area contributed by atoms with Gasteiger partial charge >= 0.3 is 0 Å². The van der Waals surface area contributed by atoms with E-state index in [2.05, 4.69) is 5.32 Å². The van der Waals surface area contributed by atoms with Gasteiger partial charge in [-0.05, 0) is 18.1 Å². The molecule has 0 aliphatic rings. The molecule has 2 N–H and O–H groups in total. The number of anilines is 1. The van der Waals surface area contributed by atoms with Gasteiger partial charge in [-0.25, -0.2) is 4.39 Å². The van der Waals surface area contributed by atoms with Gasteiger partial charge in [0.1, 0.15) is 0 Å². The van der Waals surface area contributed by atoms with Crippen molar-refractivity contribution in [1.29, 1.82) is 0 Å². The Bertz CT molecular complexity index is 635. The Labute approximate surface area is 127 Å². The lowest BCUT2D eigenvalue weighted by Gasteiger charge is -2.18. The van der Waals surface area contributed by atoms with Crippen LogP contribution in [-0.2, 0) is 0 Å². The summed E-state index contributed by atoms with van der Waals surface area (Å²) in [6.07, 6.45) is 0.547. The zero-order chi connectivity index (χ0) is 15.9. The minimum absolute atomic E-state index is 0.0285. The van der Waals surface area contributed by atoms with Gasteiger partial charge in [0.15, 0.2) is 5.82 Å². The van der Waals surface area contributed by atoms with Crippen molar-refractivity contribution in [2.75, 3.05) is 18.5 Å². The molecule has 2 rings (SSSR count). The van der Waals surface area contributed by atoms with Crippen LogP contribution in [0.3, 0.4) is 0 Å². The fourth-order valence-corrected chi connectivity index (χ4v) is 2.26. The summed E-state index contributed by atoms with van der Waals surface area (Å²) >= 11 is 0. The van der Waals surface area contributed by atoms with Crippen LogP contribution in [0.4, 0.5) is 15.8 Å². The predicted octanol–water partition coefficient (Wildman–Crippen LogP) is 3.31. The third kappa shape index (κ3) is 4.02. The zero-order valence-corrected chi connectivity index (χ0v) is 11.9. The molecule has 1 unspecified atom stereocenters. The quantitative estimate of drug-likeness (QED) is 0.608. The minimum atomic E-state index is -0.662. The van der Waals surface area contributed by atoms with E-state index in [4.69, 9.17) is 0 Å². The number of rotatable bonds is 7. The first-order chi connectivity index (χ1) is 10.6. The van der Waals surface area contributed by atoms with Gasteiger partial charge in [0.25, 0.3) is 5.69 Å². The SMILES string of the molecule is O=[N+]([O-])c1ccc(NCC(CCO)c2ccccc2)c(F)c1. The molecule has 0 spiro atoms. The number of aliphatic hydroxyl groups excluding tert-OH is 1. The highest BCUT2D eigenvalue weighted by Gasteiger charge is 2.14. The predicted molar refractivity (Wildman–Crippen MR) is 82.4 cm³/mol. The highest BCUT2D eigenvalue weighted by molar-refractivity contribution is 5.50. The van der Waals surface area contributed by atoms with E-state index in [1.807, 2.05) is 30.3 Å². The molecule has 0 aromatic heterocycles. The molecule has 0 radical (unpaired) electrons. The lowest BCUT2D eigenvalue weighted by Crippen LogP contribution is -2.15. The van der Waals surface area contributed by atoms with E-state index in [0.717, 1.165) is 11.6 Å². The molecule has 2 aromatic rings. The second kappa shape index (κ2) is 7.51. The van der Waals surface area contributed by atoms with Gasteiger partial charge in [-0.1, -0.05) is 30.3 Å². The van der Waals surface area contributed by atoms with E-state index in [9.17, 15) is 19.6 Å². The largest absolute Gasteiger partial charge is 0.396 e. The van der Waals surface area contributed by atoms with Crippen LogP contribution in [0.1, 0.15) is 17.9 Å². The molecule has 5 nitrogen and oxygen atoms in total. The van der Waals surface area contributed by atoms with Gasteiger partial charge < -0.3 is 10.4 Å². The van der Waals surface area contributed by atoms with E-state index in [1.165, 1.54) is 12.1 Å². The maximum atomic E-state index is 13.8. The molecule has 0 fully saturated rings. The number of hydrogen-bond acceptors (Lipinski definition) is 4. The molecule has 0 saturated heterocycles. The Kier molecular flexibility index (Phi) is 5.43. The van der Waals surface area contributed by atoms with Crippen LogP contribution >= 0.6 is 0 Å². The lowest BCUT2D eigenvalue weighted by atomic mass is 9.96. The third-order valence-electron chi connectivity index (χ3n) is 3.45. The smallest absolute Gasteiger partial charge is 0.272 e. The van der Waals surface area contributed by atoms with Crippen LogP contribution < -0.4 is 5.32 Å². The molecular formula is C16H17FN2O3. The van der Waals surface area contributed by atoms with E-state index < -0.39 is 10.7 Å². The summed E-state index contributed by atoms with van der Waals surface area (Å²) < 4.78 is 13.8. The topological polar surface area (TPSA) is 75.4 Å². The number of benzene rings is 2. The Morgan fingerprint density at radius 3 is 2.55 bits per heavy atom. The highest BCUT2D eigenvalue weighted by Crippen LogP contribution is 2.23. The molecule has 0 saturated carbocycles. The summed E-state index contributed by atoms with van der Waals surface area (Å²) in [4.78, 5) is 9.96. The number of non-ortho nitro benzene ring substituents is 1. The first-order valence-corrected chi connectivity index (χ1v) is 6.95. The highest BCUT2D eigenvalue weighted by atomic mass is 19.1. The van der Waals surface area contributed by atoms with E-state index in [1.54, 1.807) is 0 Å². The Balaban J connectivity index is 2.08. The third-order valence-corrected chi connectivity index (χ3v) is 3.45. The van der Waals surface area contributed by atoms with E-state index in [-0.39, 0.29) is 23.9 Å². The molecule has 6 heteroatoms. The van der Waals surface area contributed by atoms with Crippen molar-refractivity contribution >= 4 is 11.4 Å². The molecule has 0 aliphatic heterocycles. The first kappa shape index (κ1) is 15.9. The summed E-state index contributed by atoms with van der Waals surface area (Å²) in [6.45, 7) is 0.462. The van der Waals surface area contributed by atoms with Crippen molar-refractivity contribution in [3.05, 3.63) is 70.0 Å². The molecule has 0 aliphatic carbocycles. The fraction of sp³-hybridized carbons (Fsp3) is 0.250. The Morgan fingerprint density at radius 1 is 1.23 bits per heavy atom. The minimum Gasteiger partial charge on any atom is -0.396 e. The number of nitro benzene ring substituents is 1. The van der Waals surface area contributed by atoms with Crippen molar-refractivity contribution in [3.63, 3.8) is 0 Å². The van der Waals surface area contributed by atoms with Gasteiger partial charge in [0.05, 0.1) is 16.7 Å². The first-order valence-electron chi connectivity index (χ1n) is 6.95. The van der Waals surface area contributed by atoms with Gasteiger partial charge in [0, 0.05) is 25.1 Å². The summed E-state index contributed by atoms with van der Waals surface area (Å²) in [7, 11) is 0. The molecule has 0 heterocycles. The molecule has 0 amide bonds. The summed E-state index contributed by atoms with van der Waals surface area (Å²) in [5, 5.41) is 22.7. The van der Waals surface area contributed by atoms with Crippen LogP contribution in [0.5, 0.6) is 0 Å². The van der Waals surface area contributed by atoms with E-state index in [0.29, 0.717) is 13.0 Å². The standard InChI is InChI=1S/C16H17FN2O3/c17-15-10-14(19(21)22)6-7-16(15)18-11-13(8-9-20)12-4-2-1-3-5-12/h1-7,10,13,18,20H,8-9,11H2. The molecular weight excluding hydrogens is 287 g/mol. The van der Waals surface area contributed by atoms with Crippen LogP contribution in [0.15, 0.2) is 48.5 Å². The number of aliphatic hydroxyl groups is 1. The molecule has 1 atom stereocenters. The van der Waals surface area contributed by atoms with Gasteiger partial charge in [-0.3, -0.25) is 10.1 Å². The Hall–Kier alpha value is -2.47. The average molecular weight is 304 g/mol. The molecule has 2 aromatic carbocycles. The number of hydrogen-bond donors (Lipinski definition) is 2. The van der Waals surface area contributed by atoms with Gasteiger partial charge in [-0.2, -0.15) is 0 Å². The zero-order valence-electron chi connectivity index (χ0n) is 11.9. The second-order valence-electron chi connectivity index (χ2n) is 4.92. The summed E-state index contributed by atoms with van der Waals surface area (Å²) in [6, 6.07) is 13.1. The van der Waals surface area contributed by atoms with Crippen molar-refractivity contribution < 1.29 is 14.4 Å². The van der Waals surface area contributed by atoms with Crippen molar-refractivity contribution in [2.45, 2.75) is 12.3 Å². The maximum Gasteiger partial charge on any atom is 0.272 e. The molecule has 116 valence electrons. The van der Waals surface area contributed by atoms with Crippen molar-refractivity contribution in [2.24, 2.45) is 0 Å². The fourth-order valence-electron chi connectivity index (χ4n) is 2.26. The normalized spacial score (nSPS) is 11.9. The van der Waals surface area contributed by atoms with Crippen LogP contribution in [0, 0.1) is 15.9 Å². The number of nitrogens with one attached hydrogen (secondary N) is 1. The Morgan fingerprint density at radius 2 is 1.95 bits per heavy atom. The van der Waals surface area contributed by atoms with Gasteiger partial charge in [-0.15, -0.1) is 0 Å². The maximum absolute atomic E-state index is 13.8. The second-order valence-corrected chi connectivity index (χ2v) is 4.92.